The summed E-state index contributed by atoms with van der Waals surface area (Å²) in [5.74, 6) is 1.51. The van der Waals surface area contributed by atoms with E-state index in [1.54, 1.807) is 7.11 Å². The standard InChI is InChI=1S/C18H21BrClNO2/c1-3-23-18-10-14(16(19)11-17(18)22-2)12-21-9-8-13-4-6-15(20)7-5-13/h4-7,10-11,21H,3,8-9,12H2,1-2H3. The van der Waals surface area contributed by atoms with Gasteiger partial charge in [-0.3, -0.25) is 0 Å². The third-order valence-corrected chi connectivity index (χ3v) is 4.44. The van der Waals surface area contributed by atoms with Crippen LogP contribution in [0.1, 0.15) is 18.1 Å². The van der Waals surface area contributed by atoms with E-state index in [2.05, 4.69) is 33.4 Å². The van der Waals surface area contributed by atoms with Crippen molar-refractivity contribution in [3.63, 3.8) is 0 Å². The highest BCUT2D eigenvalue weighted by molar-refractivity contribution is 9.10. The van der Waals surface area contributed by atoms with Crippen molar-refractivity contribution in [2.24, 2.45) is 0 Å². The molecular formula is C18H21BrClNO2. The fraction of sp³-hybridized carbons (Fsp3) is 0.333. The van der Waals surface area contributed by atoms with Gasteiger partial charge in [0.2, 0.25) is 0 Å². The van der Waals surface area contributed by atoms with Gasteiger partial charge < -0.3 is 14.8 Å². The van der Waals surface area contributed by atoms with Crippen molar-refractivity contribution in [1.29, 1.82) is 0 Å². The highest BCUT2D eigenvalue weighted by atomic mass is 79.9. The van der Waals surface area contributed by atoms with Crippen LogP contribution in [-0.2, 0) is 13.0 Å². The van der Waals surface area contributed by atoms with Crippen molar-refractivity contribution in [3.8, 4) is 11.5 Å². The van der Waals surface area contributed by atoms with E-state index in [9.17, 15) is 0 Å². The summed E-state index contributed by atoms with van der Waals surface area (Å²) in [4.78, 5) is 0. The number of hydrogen-bond acceptors (Lipinski definition) is 3. The summed E-state index contributed by atoms with van der Waals surface area (Å²) >= 11 is 9.48. The summed E-state index contributed by atoms with van der Waals surface area (Å²) in [5.41, 5.74) is 2.41. The van der Waals surface area contributed by atoms with Crippen LogP contribution < -0.4 is 14.8 Å². The molecule has 3 nitrogen and oxygen atoms in total. The third-order valence-electron chi connectivity index (χ3n) is 3.45. The molecule has 0 radical (unpaired) electrons. The first kappa shape index (κ1) is 18.1. The van der Waals surface area contributed by atoms with Crippen LogP contribution in [0.3, 0.4) is 0 Å². The lowest BCUT2D eigenvalue weighted by Gasteiger charge is -2.13. The van der Waals surface area contributed by atoms with Crippen LogP contribution in [0.25, 0.3) is 0 Å². The minimum absolute atomic E-state index is 0.613. The molecule has 5 heteroatoms. The van der Waals surface area contributed by atoms with E-state index < -0.39 is 0 Å². The maximum atomic E-state index is 5.89. The predicted molar refractivity (Wildman–Crippen MR) is 98.7 cm³/mol. The fourth-order valence-corrected chi connectivity index (χ4v) is 2.84. The molecule has 0 bridgehead atoms. The average Bonchev–Trinajstić information content (AvgIpc) is 2.55. The molecule has 23 heavy (non-hydrogen) atoms. The largest absolute Gasteiger partial charge is 0.493 e. The molecule has 2 rings (SSSR count). The minimum atomic E-state index is 0.613. The molecule has 0 aromatic heterocycles. The Balaban J connectivity index is 1.92. The lowest BCUT2D eigenvalue weighted by Crippen LogP contribution is -2.17. The van der Waals surface area contributed by atoms with Crippen LogP contribution >= 0.6 is 27.5 Å². The Bertz CT molecular complexity index is 632. The van der Waals surface area contributed by atoms with Gasteiger partial charge in [0.15, 0.2) is 11.5 Å². The molecule has 2 aromatic rings. The summed E-state index contributed by atoms with van der Waals surface area (Å²) in [7, 11) is 1.65. The average molecular weight is 399 g/mol. The first-order chi connectivity index (χ1) is 11.1. The van der Waals surface area contributed by atoms with Gasteiger partial charge in [-0.1, -0.05) is 39.7 Å². The maximum Gasteiger partial charge on any atom is 0.161 e. The quantitative estimate of drug-likeness (QED) is 0.645. The molecule has 0 aliphatic carbocycles. The van der Waals surface area contributed by atoms with Gasteiger partial charge in [-0.25, -0.2) is 0 Å². The Kier molecular flexibility index (Phi) is 7.21. The lowest BCUT2D eigenvalue weighted by atomic mass is 10.1. The Labute approximate surface area is 151 Å². The summed E-state index contributed by atoms with van der Waals surface area (Å²) < 4.78 is 12.0. The number of rotatable bonds is 8. The molecule has 0 unspecified atom stereocenters. The van der Waals surface area contributed by atoms with E-state index >= 15 is 0 Å². The second-order valence-corrected chi connectivity index (χ2v) is 6.37. The Morgan fingerprint density at radius 2 is 1.87 bits per heavy atom. The topological polar surface area (TPSA) is 30.5 Å². The van der Waals surface area contributed by atoms with Crippen LogP contribution in [0.2, 0.25) is 5.02 Å². The van der Waals surface area contributed by atoms with Crippen LogP contribution in [0, 0.1) is 0 Å². The molecule has 0 spiro atoms. The molecule has 2 aromatic carbocycles. The van der Waals surface area contributed by atoms with Gasteiger partial charge in [0.25, 0.3) is 0 Å². The van der Waals surface area contributed by atoms with E-state index in [0.717, 1.165) is 46.1 Å². The number of methoxy groups -OCH3 is 1. The van der Waals surface area contributed by atoms with E-state index in [4.69, 9.17) is 21.1 Å². The second kappa shape index (κ2) is 9.16. The second-order valence-electron chi connectivity index (χ2n) is 5.08. The molecule has 0 fully saturated rings. The molecular weight excluding hydrogens is 378 g/mol. The molecule has 0 heterocycles. The first-order valence-corrected chi connectivity index (χ1v) is 8.75. The Morgan fingerprint density at radius 1 is 1.13 bits per heavy atom. The lowest BCUT2D eigenvalue weighted by molar-refractivity contribution is 0.310. The smallest absolute Gasteiger partial charge is 0.161 e. The number of ether oxygens (including phenoxy) is 2. The summed E-state index contributed by atoms with van der Waals surface area (Å²) in [6.07, 6.45) is 0.962. The Morgan fingerprint density at radius 3 is 2.52 bits per heavy atom. The maximum absolute atomic E-state index is 5.89. The highest BCUT2D eigenvalue weighted by Gasteiger charge is 2.09. The van der Waals surface area contributed by atoms with Crippen LogP contribution in [0.4, 0.5) is 0 Å². The van der Waals surface area contributed by atoms with Crippen molar-refractivity contribution >= 4 is 27.5 Å². The monoisotopic (exact) mass is 397 g/mol. The van der Waals surface area contributed by atoms with Gasteiger partial charge in [-0.05, 0) is 55.3 Å². The van der Waals surface area contributed by atoms with Gasteiger partial charge in [-0.15, -0.1) is 0 Å². The number of hydrogen-bond donors (Lipinski definition) is 1. The molecule has 0 saturated carbocycles. The summed E-state index contributed by atoms with van der Waals surface area (Å²) in [6, 6.07) is 11.9. The van der Waals surface area contributed by atoms with Crippen molar-refractivity contribution in [2.75, 3.05) is 20.3 Å². The van der Waals surface area contributed by atoms with Crippen molar-refractivity contribution in [1.82, 2.24) is 5.32 Å². The molecule has 124 valence electrons. The zero-order valence-electron chi connectivity index (χ0n) is 13.4. The van der Waals surface area contributed by atoms with Crippen LogP contribution in [-0.4, -0.2) is 20.3 Å². The predicted octanol–water partition coefficient (Wildman–Crippen LogP) is 4.84. The third kappa shape index (κ3) is 5.41. The molecule has 0 aliphatic heterocycles. The Hall–Kier alpha value is -1.23. The molecule has 0 atom stereocenters. The van der Waals surface area contributed by atoms with Crippen molar-refractivity contribution in [3.05, 3.63) is 57.0 Å². The van der Waals surface area contributed by atoms with E-state index in [0.29, 0.717) is 6.61 Å². The molecule has 0 amide bonds. The van der Waals surface area contributed by atoms with Crippen molar-refractivity contribution < 1.29 is 9.47 Å². The SMILES string of the molecule is CCOc1cc(CNCCc2ccc(Cl)cc2)c(Br)cc1OC. The number of nitrogens with one attached hydrogen (secondary N) is 1. The van der Waals surface area contributed by atoms with Crippen LogP contribution in [0.5, 0.6) is 11.5 Å². The van der Waals surface area contributed by atoms with Crippen molar-refractivity contribution in [2.45, 2.75) is 19.9 Å². The first-order valence-electron chi connectivity index (χ1n) is 7.58. The molecule has 0 saturated heterocycles. The number of halogens is 2. The zero-order valence-corrected chi connectivity index (χ0v) is 15.7. The van der Waals surface area contributed by atoms with Gasteiger partial charge in [-0.2, -0.15) is 0 Å². The normalized spacial score (nSPS) is 10.6. The van der Waals surface area contributed by atoms with Gasteiger partial charge in [0.05, 0.1) is 13.7 Å². The van der Waals surface area contributed by atoms with Gasteiger partial charge >= 0.3 is 0 Å². The minimum Gasteiger partial charge on any atom is -0.493 e. The van der Waals surface area contributed by atoms with E-state index in [-0.39, 0.29) is 0 Å². The van der Waals surface area contributed by atoms with Gasteiger partial charge in [0, 0.05) is 16.0 Å². The van der Waals surface area contributed by atoms with E-state index in [1.807, 2.05) is 31.2 Å². The van der Waals surface area contributed by atoms with E-state index in [1.165, 1.54) is 5.56 Å². The highest BCUT2D eigenvalue weighted by Crippen LogP contribution is 2.33. The molecule has 0 aliphatic rings. The zero-order chi connectivity index (χ0) is 16.7. The van der Waals surface area contributed by atoms with Crippen LogP contribution in [0.15, 0.2) is 40.9 Å². The summed E-state index contributed by atoms with van der Waals surface area (Å²) in [6.45, 7) is 4.23. The van der Waals surface area contributed by atoms with Gasteiger partial charge in [0.1, 0.15) is 0 Å². The molecule has 1 N–H and O–H groups in total. The summed E-state index contributed by atoms with van der Waals surface area (Å²) in [5, 5.41) is 4.22. The fourth-order valence-electron chi connectivity index (χ4n) is 2.25. The number of benzene rings is 2.